The number of carbonyl (C=O) groups is 3. The standard InChI is InChI=1S/C30H37ClN2O6/c1-20-12-10-13-21(31)24(20)32-17-11-15-30-22(26(35)33(25(30)27(32)36)16-7-5-8-18-34)23-28(37)38-19-9-4-3-6-14-29(23,2)39-30/h6,10-15,22-23,25,34H,3-5,7-9,16-19H2,1-2H3/b14-6-/t22-,23+,25?,29-,30-/m0/s1. The zero-order valence-electron chi connectivity index (χ0n) is 22.6. The number of aryl methyl sites for hydroxylation is 1. The van der Waals surface area contributed by atoms with Crippen molar-refractivity contribution in [2.45, 2.75) is 69.6 Å². The van der Waals surface area contributed by atoms with Gasteiger partial charge in [-0.25, -0.2) is 0 Å². The van der Waals surface area contributed by atoms with Gasteiger partial charge >= 0.3 is 5.97 Å². The minimum Gasteiger partial charge on any atom is -0.465 e. The lowest BCUT2D eigenvalue weighted by Gasteiger charge is -2.38. The third-order valence-corrected chi connectivity index (χ3v) is 8.82. The number of fused-ring (bicyclic) bond motifs is 2. The number of rotatable bonds is 6. The normalized spacial score (nSPS) is 33.3. The van der Waals surface area contributed by atoms with Crippen LogP contribution in [0.5, 0.6) is 0 Å². The van der Waals surface area contributed by atoms with Gasteiger partial charge in [0.1, 0.15) is 17.6 Å². The van der Waals surface area contributed by atoms with E-state index in [0.717, 1.165) is 24.8 Å². The van der Waals surface area contributed by atoms with Gasteiger partial charge in [0.15, 0.2) is 0 Å². The molecule has 4 aliphatic rings. The van der Waals surface area contributed by atoms with E-state index in [2.05, 4.69) is 0 Å². The van der Waals surface area contributed by atoms with Gasteiger partial charge in [0.2, 0.25) is 5.91 Å². The Hall–Kier alpha value is -2.68. The highest BCUT2D eigenvalue weighted by Gasteiger charge is 2.74. The number of aliphatic hydroxyl groups excluding tert-OH is 1. The lowest BCUT2D eigenvalue weighted by atomic mass is 9.74. The van der Waals surface area contributed by atoms with Crippen LogP contribution in [0.3, 0.4) is 0 Å². The molecule has 210 valence electrons. The molecule has 1 aromatic carbocycles. The fourth-order valence-electron chi connectivity index (χ4n) is 6.77. The fourth-order valence-corrected chi connectivity index (χ4v) is 7.10. The number of benzene rings is 1. The second-order valence-electron chi connectivity index (χ2n) is 11.1. The third kappa shape index (κ3) is 4.70. The number of aliphatic hydroxyl groups is 1. The quantitative estimate of drug-likeness (QED) is 0.324. The summed E-state index contributed by atoms with van der Waals surface area (Å²) in [5.74, 6) is -2.84. The van der Waals surface area contributed by atoms with E-state index in [9.17, 15) is 19.5 Å². The van der Waals surface area contributed by atoms with Gasteiger partial charge in [0.25, 0.3) is 5.91 Å². The first-order valence-corrected chi connectivity index (χ1v) is 14.3. The molecule has 0 saturated carbocycles. The summed E-state index contributed by atoms with van der Waals surface area (Å²) in [5.41, 5.74) is -1.01. The van der Waals surface area contributed by atoms with Crippen LogP contribution in [0.15, 0.2) is 42.5 Å². The first-order valence-electron chi connectivity index (χ1n) is 14.0. The Bertz CT molecular complexity index is 1180. The number of allylic oxidation sites excluding steroid dienone is 1. The second kappa shape index (κ2) is 11.1. The number of hydrogen-bond acceptors (Lipinski definition) is 6. The van der Waals surface area contributed by atoms with Crippen molar-refractivity contribution in [3.8, 4) is 0 Å². The molecule has 0 radical (unpaired) electrons. The van der Waals surface area contributed by atoms with E-state index in [1.807, 2.05) is 50.3 Å². The average Bonchev–Trinajstić information content (AvgIpc) is 3.22. The number of para-hydroxylation sites is 1. The largest absolute Gasteiger partial charge is 0.465 e. The lowest BCUT2D eigenvalue weighted by Crippen LogP contribution is -2.56. The molecule has 8 nitrogen and oxygen atoms in total. The summed E-state index contributed by atoms with van der Waals surface area (Å²) in [5, 5.41) is 9.71. The molecular weight excluding hydrogens is 520 g/mol. The van der Waals surface area contributed by atoms with Crippen molar-refractivity contribution < 1.29 is 29.0 Å². The number of anilines is 1. The Balaban J connectivity index is 1.62. The smallest absolute Gasteiger partial charge is 0.313 e. The maximum atomic E-state index is 14.5. The molecule has 1 unspecified atom stereocenters. The molecule has 1 N–H and O–H groups in total. The number of ether oxygens (including phenoxy) is 2. The van der Waals surface area contributed by atoms with Crippen LogP contribution in [0, 0.1) is 18.8 Å². The number of carbonyl (C=O) groups excluding carboxylic acids is 3. The highest BCUT2D eigenvalue weighted by Crippen LogP contribution is 2.57. The molecule has 1 spiro atoms. The fraction of sp³-hybridized carbons (Fsp3) is 0.567. The number of esters is 1. The summed E-state index contributed by atoms with van der Waals surface area (Å²) >= 11 is 6.60. The molecule has 4 aliphatic heterocycles. The molecule has 5 atom stereocenters. The van der Waals surface area contributed by atoms with Crippen LogP contribution < -0.4 is 4.90 Å². The second-order valence-corrected chi connectivity index (χ2v) is 11.5. The van der Waals surface area contributed by atoms with E-state index in [1.54, 1.807) is 15.9 Å². The van der Waals surface area contributed by atoms with Gasteiger partial charge in [-0.2, -0.15) is 0 Å². The number of amides is 2. The summed E-state index contributed by atoms with van der Waals surface area (Å²) in [6.45, 7) is 4.64. The monoisotopic (exact) mass is 556 g/mol. The van der Waals surface area contributed by atoms with Crippen molar-refractivity contribution in [1.82, 2.24) is 4.90 Å². The van der Waals surface area contributed by atoms with Crippen molar-refractivity contribution in [3.63, 3.8) is 0 Å². The predicted molar refractivity (Wildman–Crippen MR) is 147 cm³/mol. The summed E-state index contributed by atoms with van der Waals surface area (Å²) in [4.78, 5) is 45.6. The Morgan fingerprint density at radius 1 is 1.05 bits per heavy atom. The summed E-state index contributed by atoms with van der Waals surface area (Å²) in [6, 6.07) is 4.51. The van der Waals surface area contributed by atoms with Gasteiger partial charge in [0, 0.05) is 19.7 Å². The number of likely N-dealkylation sites (tertiary alicyclic amines) is 1. The van der Waals surface area contributed by atoms with Crippen LogP contribution in [-0.2, 0) is 23.9 Å². The first-order chi connectivity index (χ1) is 18.7. The molecule has 4 heterocycles. The van der Waals surface area contributed by atoms with E-state index in [-0.39, 0.29) is 31.6 Å². The number of hydrogen-bond donors (Lipinski definition) is 1. The van der Waals surface area contributed by atoms with Crippen LogP contribution in [0.4, 0.5) is 5.69 Å². The van der Waals surface area contributed by atoms with E-state index in [4.69, 9.17) is 21.1 Å². The SMILES string of the molecule is Cc1cccc(Cl)c1N1CC=C[C@]23O[C@@]4(C)/C=C\CCCCOC(=O)[C@H]4[C@H]2C(=O)N(CCCCCO)C3C1=O. The van der Waals surface area contributed by atoms with Crippen molar-refractivity contribution >= 4 is 35.1 Å². The van der Waals surface area contributed by atoms with Crippen molar-refractivity contribution in [2.24, 2.45) is 11.8 Å². The maximum absolute atomic E-state index is 14.5. The average molecular weight is 557 g/mol. The molecule has 2 amide bonds. The van der Waals surface area contributed by atoms with Gasteiger partial charge in [0.05, 0.1) is 28.8 Å². The first kappa shape index (κ1) is 27.9. The van der Waals surface area contributed by atoms with E-state index in [1.165, 1.54) is 0 Å². The van der Waals surface area contributed by atoms with Gasteiger partial charge in [-0.05, 0) is 64.0 Å². The predicted octanol–water partition coefficient (Wildman–Crippen LogP) is 3.97. The Labute approximate surface area is 234 Å². The number of halogens is 1. The molecule has 39 heavy (non-hydrogen) atoms. The molecule has 5 rings (SSSR count). The number of unbranched alkanes of at least 4 members (excludes halogenated alkanes) is 2. The molecule has 0 aromatic heterocycles. The third-order valence-electron chi connectivity index (χ3n) is 8.52. The molecule has 2 saturated heterocycles. The zero-order chi connectivity index (χ0) is 27.8. The highest BCUT2D eigenvalue weighted by atomic mass is 35.5. The molecule has 1 aromatic rings. The van der Waals surface area contributed by atoms with Gasteiger partial charge < -0.3 is 24.4 Å². The van der Waals surface area contributed by atoms with Crippen LogP contribution in [0.1, 0.15) is 51.0 Å². The summed E-state index contributed by atoms with van der Waals surface area (Å²) in [6.07, 6.45) is 11.9. The summed E-state index contributed by atoms with van der Waals surface area (Å²) < 4.78 is 12.5. The maximum Gasteiger partial charge on any atom is 0.313 e. The van der Waals surface area contributed by atoms with Crippen molar-refractivity contribution in [1.29, 1.82) is 0 Å². The number of cyclic esters (lactones) is 1. The zero-order valence-corrected chi connectivity index (χ0v) is 23.4. The van der Waals surface area contributed by atoms with Crippen LogP contribution in [0.2, 0.25) is 5.02 Å². The van der Waals surface area contributed by atoms with Crippen molar-refractivity contribution in [3.05, 3.63) is 53.1 Å². The summed E-state index contributed by atoms with van der Waals surface area (Å²) in [7, 11) is 0. The van der Waals surface area contributed by atoms with Gasteiger partial charge in [-0.1, -0.05) is 48.0 Å². The Kier molecular flexibility index (Phi) is 7.91. The van der Waals surface area contributed by atoms with Crippen LogP contribution >= 0.6 is 11.6 Å². The Morgan fingerprint density at radius 2 is 1.87 bits per heavy atom. The Morgan fingerprint density at radius 3 is 2.64 bits per heavy atom. The molecular formula is C30H37ClN2O6. The molecule has 9 heteroatoms. The van der Waals surface area contributed by atoms with Gasteiger partial charge in [-0.15, -0.1) is 0 Å². The highest BCUT2D eigenvalue weighted by molar-refractivity contribution is 6.34. The van der Waals surface area contributed by atoms with Gasteiger partial charge in [-0.3, -0.25) is 14.4 Å². The van der Waals surface area contributed by atoms with Crippen LogP contribution in [-0.4, -0.2) is 71.3 Å². The molecule has 2 fully saturated rings. The minimum absolute atomic E-state index is 0.0624. The van der Waals surface area contributed by atoms with Crippen LogP contribution in [0.25, 0.3) is 0 Å². The minimum atomic E-state index is -1.34. The molecule has 0 aliphatic carbocycles. The topological polar surface area (TPSA) is 96.4 Å². The van der Waals surface area contributed by atoms with E-state index in [0.29, 0.717) is 36.5 Å². The van der Waals surface area contributed by atoms with E-state index >= 15 is 0 Å². The number of nitrogens with zero attached hydrogens (tertiary/aromatic N) is 2. The van der Waals surface area contributed by atoms with E-state index < -0.39 is 35.0 Å². The van der Waals surface area contributed by atoms with Crippen molar-refractivity contribution in [2.75, 3.05) is 31.2 Å². The lowest BCUT2D eigenvalue weighted by molar-refractivity contribution is -0.158. The molecule has 0 bridgehead atoms.